The van der Waals surface area contributed by atoms with Gasteiger partial charge in [0, 0.05) is 6.54 Å². The highest BCUT2D eigenvalue weighted by Gasteiger charge is 2.15. The molecular weight excluding hydrogens is 240 g/mol. The van der Waals surface area contributed by atoms with E-state index in [1.165, 1.54) is 0 Å². The van der Waals surface area contributed by atoms with Crippen molar-refractivity contribution in [1.82, 2.24) is 5.32 Å². The average Bonchev–Trinajstić information content (AvgIpc) is 2.28. The number of carbonyl (C=O) groups excluding carboxylic acids is 1. The van der Waals surface area contributed by atoms with E-state index in [2.05, 4.69) is 11.4 Å². The van der Waals surface area contributed by atoms with Crippen LogP contribution in [-0.4, -0.2) is 18.2 Å². The van der Waals surface area contributed by atoms with E-state index in [0.717, 1.165) is 17.5 Å². The molecule has 0 aliphatic heterocycles. The molecule has 102 valence electrons. The van der Waals surface area contributed by atoms with Crippen LogP contribution in [0.4, 0.5) is 4.79 Å². The van der Waals surface area contributed by atoms with Gasteiger partial charge in [0.2, 0.25) is 0 Å². The number of rotatable bonds is 3. The summed E-state index contributed by atoms with van der Waals surface area (Å²) in [6, 6.07) is 7.66. The molecule has 0 atom stereocenters. The van der Waals surface area contributed by atoms with E-state index in [1.54, 1.807) is 6.07 Å². The monoisotopic (exact) mass is 260 g/mol. The first-order valence-corrected chi connectivity index (χ1v) is 6.28. The molecule has 4 heteroatoms. The van der Waals surface area contributed by atoms with Crippen LogP contribution in [0.5, 0.6) is 0 Å². The molecule has 0 heterocycles. The summed E-state index contributed by atoms with van der Waals surface area (Å²) in [6.07, 6.45) is 0.315. The third-order valence-corrected chi connectivity index (χ3v) is 2.53. The minimum absolute atomic E-state index is 0.404. The molecule has 4 nitrogen and oxygen atoms in total. The topological polar surface area (TPSA) is 62.1 Å². The molecule has 0 saturated carbocycles. The predicted molar refractivity (Wildman–Crippen MR) is 73.8 cm³/mol. The van der Waals surface area contributed by atoms with E-state index >= 15 is 0 Å². The first-order valence-electron chi connectivity index (χ1n) is 6.28. The van der Waals surface area contributed by atoms with Gasteiger partial charge in [0.05, 0.1) is 11.6 Å². The average molecular weight is 260 g/mol. The molecular formula is C15H20N2O2. The van der Waals surface area contributed by atoms with Crippen molar-refractivity contribution >= 4 is 6.09 Å². The Kier molecular flexibility index (Phi) is 4.94. The number of nitrogens with zero attached hydrogens (tertiary/aromatic N) is 1. The van der Waals surface area contributed by atoms with Gasteiger partial charge in [0.25, 0.3) is 0 Å². The van der Waals surface area contributed by atoms with Gasteiger partial charge in [0.15, 0.2) is 0 Å². The van der Waals surface area contributed by atoms with Crippen LogP contribution in [-0.2, 0) is 11.2 Å². The van der Waals surface area contributed by atoms with Crippen LogP contribution in [0.1, 0.15) is 37.5 Å². The van der Waals surface area contributed by atoms with E-state index in [1.807, 2.05) is 39.8 Å². The molecule has 0 aromatic heterocycles. The van der Waals surface area contributed by atoms with Gasteiger partial charge >= 0.3 is 6.09 Å². The van der Waals surface area contributed by atoms with E-state index in [9.17, 15) is 4.79 Å². The quantitative estimate of drug-likeness (QED) is 0.908. The number of nitriles is 1. The van der Waals surface area contributed by atoms with Crippen LogP contribution >= 0.6 is 0 Å². The van der Waals surface area contributed by atoms with Gasteiger partial charge in [-0.2, -0.15) is 5.26 Å². The van der Waals surface area contributed by atoms with Crippen molar-refractivity contribution in [2.75, 3.05) is 6.54 Å². The van der Waals surface area contributed by atoms with Gasteiger partial charge in [0.1, 0.15) is 5.60 Å². The number of carbonyl (C=O) groups is 1. The van der Waals surface area contributed by atoms with Crippen molar-refractivity contribution in [3.8, 4) is 6.07 Å². The van der Waals surface area contributed by atoms with E-state index in [-0.39, 0.29) is 0 Å². The number of hydrogen-bond acceptors (Lipinski definition) is 3. The fraction of sp³-hybridized carbons (Fsp3) is 0.467. The molecule has 0 aliphatic carbocycles. The van der Waals surface area contributed by atoms with E-state index in [4.69, 9.17) is 10.00 Å². The molecule has 1 amide bonds. The minimum Gasteiger partial charge on any atom is -0.444 e. The van der Waals surface area contributed by atoms with Crippen LogP contribution in [0.25, 0.3) is 0 Å². The number of nitrogens with one attached hydrogen (secondary N) is 1. The number of hydrogen-bond donors (Lipinski definition) is 1. The predicted octanol–water partition coefficient (Wildman–Crippen LogP) is 2.93. The Hall–Kier alpha value is -2.02. The molecule has 0 saturated heterocycles. The van der Waals surface area contributed by atoms with Crippen LogP contribution in [0.2, 0.25) is 0 Å². The van der Waals surface area contributed by atoms with Crippen LogP contribution in [0.15, 0.2) is 18.2 Å². The fourth-order valence-electron chi connectivity index (χ4n) is 1.66. The van der Waals surface area contributed by atoms with E-state index in [0.29, 0.717) is 12.1 Å². The van der Waals surface area contributed by atoms with Crippen molar-refractivity contribution in [2.45, 2.75) is 39.7 Å². The number of benzene rings is 1. The number of aryl methyl sites for hydroxylation is 1. The standard InChI is InChI=1S/C15H20N2O2/c1-11-9-12(10-16)5-6-13(11)7-8-17-14(18)19-15(2,3)4/h5-6,9H,7-8H2,1-4H3,(H,17,18). The smallest absolute Gasteiger partial charge is 0.407 e. The molecule has 0 radical (unpaired) electrons. The van der Waals surface area contributed by atoms with Gasteiger partial charge in [-0.3, -0.25) is 0 Å². The third kappa shape index (κ3) is 5.43. The second-order valence-corrected chi connectivity index (χ2v) is 5.43. The van der Waals surface area contributed by atoms with Gasteiger partial charge in [-0.15, -0.1) is 0 Å². The van der Waals surface area contributed by atoms with Crippen LogP contribution in [0.3, 0.4) is 0 Å². The van der Waals surface area contributed by atoms with Crippen molar-refractivity contribution in [2.24, 2.45) is 0 Å². The summed E-state index contributed by atoms with van der Waals surface area (Å²) in [4.78, 5) is 11.5. The second-order valence-electron chi connectivity index (χ2n) is 5.43. The molecule has 19 heavy (non-hydrogen) atoms. The molecule has 0 aliphatic rings. The van der Waals surface area contributed by atoms with Crippen molar-refractivity contribution in [3.63, 3.8) is 0 Å². The highest BCUT2D eigenvalue weighted by atomic mass is 16.6. The summed E-state index contributed by atoms with van der Waals surface area (Å²) in [7, 11) is 0. The lowest BCUT2D eigenvalue weighted by molar-refractivity contribution is 0.0528. The maximum atomic E-state index is 11.5. The summed E-state index contributed by atoms with van der Waals surface area (Å²) in [5.74, 6) is 0. The van der Waals surface area contributed by atoms with Gasteiger partial charge in [-0.1, -0.05) is 6.07 Å². The molecule has 1 aromatic carbocycles. The summed E-state index contributed by atoms with van der Waals surface area (Å²) < 4.78 is 5.15. The number of alkyl carbamates (subject to hydrolysis) is 1. The van der Waals surface area contributed by atoms with Crippen molar-refractivity contribution in [3.05, 3.63) is 34.9 Å². The Bertz CT molecular complexity index is 496. The third-order valence-electron chi connectivity index (χ3n) is 2.53. The lowest BCUT2D eigenvalue weighted by atomic mass is 10.0. The maximum Gasteiger partial charge on any atom is 0.407 e. The zero-order chi connectivity index (χ0) is 14.5. The Morgan fingerprint density at radius 1 is 1.42 bits per heavy atom. The molecule has 1 aromatic rings. The van der Waals surface area contributed by atoms with Crippen molar-refractivity contribution in [1.29, 1.82) is 5.26 Å². The van der Waals surface area contributed by atoms with Gasteiger partial charge in [-0.25, -0.2) is 4.79 Å². The molecule has 0 unspecified atom stereocenters. The lowest BCUT2D eigenvalue weighted by Gasteiger charge is -2.19. The fourth-order valence-corrected chi connectivity index (χ4v) is 1.66. The SMILES string of the molecule is Cc1cc(C#N)ccc1CCNC(=O)OC(C)(C)C. The second kappa shape index (κ2) is 6.24. The number of amides is 1. The summed E-state index contributed by atoms with van der Waals surface area (Å²) in [5, 5.41) is 11.5. The largest absolute Gasteiger partial charge is 0.444 e. The Morgan fingerprint density at radius 3 is 2.63 bits per heavy atom. The Morgan fingerprint density at radius 2 is 2.11 bits per heavy atom. The Labute approximate surface area is 114 Å². The zero-order valence-corrected chi connectivity index (χ0v) is 11.9. The zero-order valence-electron chi connectivity index (χ0n) is 11.9. The molecule has 1 N–H and O–H groups in total. The van der Waals surface area contributed by atoms with E-state index < -0.39 is 11.7 Å². The van der Waals surface area contributed by atoms with Crippen molar-refractivity contribution < 1.29 is 9.53 Å². The highest BCUT2D eigenvalue weighted by Crippen LogP contribution is 2.11. The summed E-state index contributed by atoms with van der Waals surface area (Å²) >= 11 is 0. The maximum absolute atomic E-state index is 11.5. The number of ether oxygens (including phenoxy) is 1. The highest BCUT2D eigenvalue weighted by molar-refractivity contribution is 5.67. The minimum atomic E-state index is -0.478. The Balaban J connectivity index is 2.46. The first kappa shape index (κ1) is 15.0. The van der Waals surface area contributed by atoms with Crippen LogP contribution < -0.4 is 5.32 Å². The summed E-state index contributed by atoms with van der Waals surface area (Å²) in [5.41, 5.74) is 2.36. The first-order chi connectivity index (χ1) is 8.81. The summed E-state index contributed by atoms with van der Waals surface area (Å²) in [6.45, 7) is 7.97. The molecule has 0 spiro atoms. The molecule has 0 bridgehead atoms. The molecule has 0 fully saturated rings. The normalized spacial score (nSPS) is 10.7. The molecule has 1 rings (SSSR count). The lowest BCUT2D eigenvalue weighted by Crippen LogP contribution is -2.33. The van der Waals surface area contributed by atoms with Gasteiger partial charge < -0.3 is 10.1 Å². The van der Waals surface area contributed by atoms with Gasteiger partial charge in [-0.05, 0) is 57.4 Å². The van der Waals surface area contributed by atoms with Crippen LogP contribution in [0, 0.1) is 18.3 Å².